The van der Waals surface area contributed by atoms with Gasteiger partial charge in [0.15, 0.2) is 11.2 Å². The molecule has 6 nitrogen and oxygen atoms in total. The van der Waals surface area contributed by atoms with E-state index in [2.05, 4.69) is 0 Å². The fourth-order valence-electron chi connectivity index (χ4n) is 2.47. The fraction of sp³-hybridized carbons (Fsp3) is 0.200. The van der Waals surface area contributed by atoms with Crippen molar-refractivity contribution in [3.63, 3.8) is 0 Å². The van der Waals surface area contributed by atoms with Crippen molar-refractivity contribution in [2.75, 3.05) is 27.3 Å². The van der Waals surface area contributed by atoms with Crippen LogP contribution >= 0.6 is 0 Å². The molecule has 3 rings (SSSR count). The van der Waals surface area contributed by atoms with Crippen molar-refractivity contribution in [3.8, 4) is 11.5 Å². The number of fused-ring (bicyclic) bond motifs is 1. The largest absolute Gasteiger partial charge is 0.497 e. The summed E-state index contributed by atoms with van der Waals surface area (Å²) in [6, 6.07) is 15.3. The number of hydrogen-bond acceptors (Lipinski definition) is 5. The molecule has 134 valence electrons. The van der Waals surface area contributed by atoms with Crippen molar-refractivity contribution >= 4 is 16.9 Å². The van der Waals surface area contributed by atoms with Gasteiger partial charge >= 0.3 is 0 Å². The number of methoxy groups -OCH3 is 1. The maximum absolute atomic E-state index is 12.5. The molecule has 6 heteroatoms. The summed E-state index contributed by atoms with van der Waals surface area (Å²) in [5.41, 5.74) is 0.157. The molecule has 1 amide bonds. The minimum absolute atomic E-state index is 0.0145. The number of likely N-dealkylation sites (N-methyl/N-ethyl adjacent to an activating group) is 1. The number of benzene rings is 2. The monoisotopic (exact) mass is 353 g/mol. The van der Waals surface area contributed by atoms with Crippen molar-refractivity contribution in [2.24, 2.45) is 0 Å². The van der Waals surface area contributed by atoms with Gasteiger partial charge in [-0.2, -0.15) is 0 Å². The number of carbonyl (C=O) groups excluding carboxylic acids is 1. The Bertz CT molecular complexity index is 962. The molecule has 0 unspecified atom stereocenters. The van der Waals surface area contributed by atoms with Crippen molar-refractivity contribution in [1.82, 2.24) is 4.90 Å². The van der Waals surface area contributed by atoms with E-state index in [1.54, 1.807) is 62.7 Å². The summed E-state index contributed by atoms with van der Waals surface area (Å²) in [7, 11) is 3.23. The van der Waals surface area contributed by atoms with E-state index in [-0.39, 0.29) is 17.1 Å². The number of para-hydroxylation sites is 1. The number of amides is 1. The number of carbonyl (C=O) groups is 1. The highest BCUT2D eigenvalue weighted by molar-refractivity contribution is 5.93. The van der Waals surface area contributed by atoms with Gasteiger partial charge in [-0.15, -0.1) is 0 Å². The van der Waals surface area contributed by atoms with Gasteiger partial charge in [-0.1, -0.05) is 12.1 Å². The third-order valence-corrected chi connectivity index (χ3v) is 3.95. The smallest absolute Gasteiger partial charge is 0.289 e. The molecule has 1 aromatic heterocycles. The lowest BCUT2D eigenvalue weighted by Crippen LogP contribution is -2.31. The average Bonchev–Trinajstić information content (AvgIpc) is 2.67. The predicted octanol–water partition coefficient (Wildman–Crippen LogP) is 2.95. The van der Waals surface area contributed by atoms with Crippen LogP contribution in [0, 0.1) is 0 Å². The van der Waals surface area contributed by atoms with Gasteiger partial charge in [0.2, 0.25) is 0 Å². The van der Waals surface area contributed by atoms with Crippen LogP contribution in [0.5, 0.6) is 11.5 Å². The Labute approximate surface area is 150 Å². The normalized spacial score (nSPS) is 10.5. The molecule has 0 aliphatic carbocycles. The quantitative estimate of drug-likeness (QED) is 0.681. The zero-order chi connectivity index (χ0) is 18.5. The first-order valence-electron chi connectivity index (χ1n) is 8.13. The minimum atomic E-state index is -0.369. The van der Waals surface area contributed by atoms with Gasteiger partial charge in [-0.25, -0.2) is 0 Å². The van der Waals surface area contributed by atoms with Crippen LogP contribution in [0.2, 0.25) is 0 Å². The lowest BCUT2D eigenvalue weighted by molar-refractivity contribution is 0.0743. The van der Waals surface area contributed by atoms with Crippen LogP contribution in [-0.2, 0) is 0 Å². The van der Waals surface area contributed by atoms with Crippen LogP contribution in [0.25, 0.3) is 11.0 Å². The van der Waals surface area contributed by atoms with Gasteiger partial charge in [0.1, 0.15) is 23.7 Å². The Hall–Kier alpha value is -3.28. The van der Waals surface area contributed by atoms with Crippen LogP contribution < -0.4 is 14.9 Å². The Kier molecular flexibility index (Phi) is 5.22. The van der Waals surface area contributed by atoms with Crippen LogP contribution in [0.3, 0.4) is 0 Å². The van der Waals surface area contributed by atoms with Crippen molar-refractivity contribution in [2.45, 2.75) is 0 Å². The summed E-state index contributed by atoms with van der Waals surface area (Å²) in [6.07, 6.45) is 0. The molecular formula is C20H19NO5. The molecule has 3 aromatic rings. The summed E-state index contributed by atoms with van der Waals surface area (Å²) in [5, 5.41) is 0.453. The standard InChI is InChI=1S/C20H19NO5/c1-21(11-12-25-15-9-7-14(24-2)8-10-15)20(23)19-13-17(22)16-5-3-4-6-18(16)26-19/h3-10,13H,11-12H2,1-2H3. The first-order chi connectivity index (χ1) is 12.6. The van der Waals surface area contributed by atoms with Gasteiger partial charge in [0.05, 0.1) is 19.0 Å². The molecular weight excluding hydrogens is 334 g/mol. The molecule has 26 heavy (non-hydrogen) atoms. The highest BCUT2D eigenvalue weighted by Gasteiger charge is 2.16. The van der Waals surface area contributed by atoms with Crippen LogP contribution in [0.4, 0.5) is 0 Å². The number of hydrogen-bond donors (Lipinski definition) is 0. The SMILES string of the molecule is COc1ccc(OCCN(C)C(=O)c2cc(=O)c3ccccc3o2)cc1. The van der Waals surface area contributed by atoms with E-state index in [0.717, 1.165) is 5.75 Å². The van der Waals surface area contributed by atoms with Gasteiger partial charge in [-0.05, 0) is 36.4 Å². The minimum Gasteiger partial charge on any atom is -0.497 e. The topological polar surface area (TPSA) is 69.0 Å². The Morgan fingerprint density at radius 3 is 2.50 bits per heavy atom. The molecule has 0 spiro atoms. The Balaban J connectivity index is 1.63. The highest BCUT2D eigenvalue weighted by atomic mass is 16.5. The van der Waals surface area contributed by atoms with Crippen LogP contribution in [0.1, 0.15) is 10.6 Å². The lowest BCUT2D eigenvalue weighted by Gasteiger charge is -2.17. The summed E-state index contributed by atoms with van der Waals surface area (Å²) < 4.78 is 16.3. The lowest BCUT2D eigenvalue weighted by atomic mass is 10.2. The molecule has 0 atom stereocenters. The molecule has 0 saturated heterocycles. The molecule has 0 fully saturated rings. The highest BCUT2D eigenvalue weighted by Crippen LogP contribution is 2.17. The van der Waals surface area contributed by atoms with E-state index in [1.165, 1.54) is 11.0 Å². The summed E-state index contributed by atoms with van der Waals surface area (Å²) >= 11 is 0. The molecule has 0 N–H and O–H groups in total. The third-order valence-electron chi connectivity index (χ3n) is 3.95. The maximum Gasteiger partial charge on any atom is 0.289 e. The number of rotatable bonds is 6. The van der Waals surface area contributed by atoms with Crippen molar-refractivity contribution < 1.29 is 18.7 Å². The van der Waals surface area contributed by atoms with Gasteiger partial charge in [0, 0.05) is 13.1 Å². The molecule has 0 bridgehead atoms. The fourth-order valence-corrected chi connectivity index (χ4v) is 2.47. The molecule has 2 aromatic carbocycles. The van der Waals surface area contributed by atoms with Crippen LogP contribution in [-0.4, -0.2) is 38.1 Å². The third kappa shape index (κ3) is 3.85. The van der Waals surface area contributed by atoms with Crippen molar-refractivity contribution in [1.29, 1.82) is 0 Å². The molecule has 0 aliphatic rings. The molecule has 0 radical (unpaired) electrons. The van der Waals surface area contributed by atoms with E-state index in [9.17, 15) is 9.59 Å². The summed E-state index contributed by atoms with van der Waals surface area (Å²) in [4.78, 5) is 26.1. The zero-order valence-electron chi connectivity index (χ0n) is 14.6. The van der Waals surface area contributed by atoms with Crippen molar-refractivity contribution in [3.05, 3.63) is 70.6 Å². The molecule has 0 saturated carbocycles. The van der Waals surface area contributed by atoms with E-state index < -0.39 is 0 Å². The van der Waals surface area contributed by atoms with Gasteiger partial charge < -0.3 is 18.8 Å². The first kappa shape index (κ1) is 17.5. The summed E-state index contributed by atoms with van der Waals surface area (Å²) in [6.45, 7) is 0.660. The number of ether oxygens (including phenoxy) is 2. The van der Waals surface area contributed by atoms with E-state index in [0.29, 0.717) is 29.9 Å². The van der Waals surface area contributed by atoms with E-state index >= 15 is 0 Å². The maximum atomic E-state index is 12.5. The molecule has 1 heterocycles. The second-order valence-electron chi connectivity index (χ2n) is 5.72. The van der Waals surface area contributed by atoms with Gasteiger partial charge in [0.25, 0.3) is 5.91 Å². The summed E-state index contributed by atoms with van der Waals surface area (Å²) in [5.74, 6) is 1.08. The second kappa shape index (κ2) is 7.74. The number of nitrogens with zero attached hydrogens (tertiary/aromatic N) is 1. The Morgan fingerprint density at radius 2 is 1.77 bits per heavy atom. The zero-order valence-corrected chi connectivity index (χ0v) is 14.6. The molecule has 0 aliphatic heterocycles. The average molecular weight is 353 g/mol. The van der Waals surface area contributed by atoms with Crippen LogP contribution in [0.15, 0.2) is 63.8 Å². The first-order valence-corrected chi connectivity index (χ1v) is 8.13. The Morgan fingerprint density at radius 1 is 1.08 bits per heavy atom. The van der Waals surface area contributed by atoms with E-state index in [1.807, 2.05) is 0 Å². The second-order valence-corrected chi connectivity index (χ2v) is 5.72. The predicted molar refractivity (Wildman–Crippen MR) is 97.9 cm³/mol. The van der Waals surface area contributed by atoms with Gasteiger partial charge in [-0.3, -0.25) is 9.59 Å². The van der Waals surface area contributed by atoms with E-state index in [4.69, 9.17) is 13.9 Å².